The van der Waals surface area contributed by atoms with E-state index in [1.807, 2.05) is 6.92 Å². The van der Waals surface area contributed by atoms with E-state index in [0.717, 1.165) is 18.3 Å². The fraction of sp³-hybridized carbons (Fsp3) is 1.00. The molecule has 0 amide bonds. The summed E-state index contributed by atoms with van der Waals surface area (Å²) in [5.74, 6) is 1.64. The van der Waals surface area contributed by atoms with Crippen LogP contribution in [0.3, 0.4) is 0 Å². The summed E-state index contributed by atoms with van der Waals surface area (Å²) in [4.78, 5) is 0. The van der Waals surface area contributed by atoms with Crippen molar-refractivity contribution in [3.63, 3.8) is 0 Å². The normalized spacial score (nSPS) is 42.7. The van der Waals surface area contributed by atoms with E-state index in [1.165, 1.54) is 38.5 Å². The predicted molar refractivity (Wildman–Crippen MR) is 94.4 cm³/mol. The van der Waals surface area contributed by atoms with Crippen molar-refractivity contribution in [1.29, 1.82) is 0 Å². The minimum atomic E-state index is -1.78. The molecule has 0 aromatic rings. The van der Waals surface area contributed by atoms with Crippen molar-refractivity contribution in [3.05, 3.63) is 0 Å². The highest BCUT2D eigenvalue weighted by Crippen LogP contribution is 2.71. The SMILES string of the molecule is CC(O)CC12CCC(C1)C1CCCC12O[Si](C)(C)C(C)(C)C. The summed E-state index contributed by atoms with van der Waals surface area (Å²) in [6.45, 7) is 13.9. The van der Waals surface area contributed by atoms with Crippen LogP contribution in [0.1, 0.15) is 72.6 Å². The Morgan fingerprint density at radius 3 is 2.50 bits per heavy atom. The number of aliphatic hydroxyl groups is 1. The third-order valence-electron chi connectivity index (χ3n) is 7.71. The molecule has 2 bridgehead atoms. The molecule has 0 spiro atoms. The molecule has 0 radical (unpaired) electrons. The quantitative estimate of drug-likeness (QED) is 0.727. The van der Waals surface area contributed by atoms with Gasteiger partial charge in [-0.05, 0) is 75.4 Å². The maximum absolute atomic E-state index is 10.2. The van der Waals surface area contributed by atoms with E-state index in [-0.39, 0.29) is 22.2 Å². The summed E-state index contributed by atoms with van der Waals surface area (Å²) >= 11 is 0. The molecule has 0 saturated heterocycles. The van der Waals surface area contributed by atoms with Gasteiger partial charge in [-0.25, -0.2) is 0 Å². The van der Waals surface area contributed by atoms with Gasteiger partial charge in [0.25, 0.3) is 0 Å². The van der Waals surface area contributed by atoms with E-state index in [9.17, 15) is 5.11 Å². The Labute approximate surface area is 138 Å². The number of aliphatic hydroxyl groups excluding tert-OH is 1. The zero-order valence-electron chi connectivity index (χ0n) is 15.5. The molecule has 1 N–H and O–H groups in total. The molecule has 128 valence electrons. The fourth-order valence-corrected chi connectivity index (χ4v) is 7.63. The topological polar surface area (TPSA) is 29.5 Å². The first-order valence-corrected chi connectivity index (χ1v) is 12.3. The van der Waals surface area contributed by atoms with Crippen LogP contribution in [0, 0.1) is 17.3 Å². The summed E-state index contributed by atoms with van der Waals surface area (Å²) in [5.41, 5.74) is 0.360. The van der Waals surface area contributed by atoms with Crippen molar-refractivity contribution in [2.45, 2.75) is 102 Å². The Bertz CT molecular complexity index is 439. The third-order valence-corrected chi connectivity index (χ3v) is 12.2. The van der Waals surface area contributed by atoms with Gasteiger partial charge in [0.15, 0.2) is 8.32 Å². The van der Waals surface area contributed by atoms with E-state index in [4.69, 9.17) is 4.43 Å². The minimum absolute atomic E-state index is 0.0932. The number of fused-ring (bicyclic) bond motifs is 5. The second kappa shape index (κ2) is 5.06. The predicted octanol–water partition coefficient (Wildman–Crippen LogP) is 5.12. The van der Waals surface area contributed by atoms with Crippen LogP contribution < -0.4 is 0 Å². The van der Waals surface area contributed by atoms with Gasteiger partial charge in [0.1, 0.15) is 0 Å². The first-order chi connectivity index (χ1) is 10.0. The van der Waals surface area contributed by atoms with Crippen LogP contribution in [0.5, 0.6) is 0 Å². The molecule has 3 rings (SSSR count). The molecule has 0 aromatic carbocycles. The van der Waals surface area contributed by atoms with Crippen LogP contribution in [0.2, 0.25) is 18.1 Å². The van der Waals surface area contributed by atoms with Gasteiger partial charge < -0.3 is 9.53 Å². The van der Waals surface area contributed by atoms with Crippen molar-refractivity contribution in [2.24, 2.45) is 17.3 Å². The standard InChI is InChI=1S/C19H36O2Si/c1-14(20)12-18-11-9-15(13-18)16-8-7-10-19(16,18)21-22(5,6)17(2,3)4/h14-16,20H,7-13H2,1-6H3. The van der Waals surface area contributed by atoms with Crippen LogP contribution in [0.25, 0.3) is 0 Å². The Morgan fingerprint density at radius 1 is 1.23 bits per heavy atom. The van der Waals surface area contributed by atoms with Crippen LogP contribution in [0.4, 0.5) is 0 Å². The summed E-state index contributed by atoms with van der Waals surface area (Å²) in [5, 5.41) is 10.4. The number of hydrogen-bond acceptors (Lipinski definition) is 2. The molecular weight excluding hydrogens is 288 g/mol. The van der Waals surface area contributed by atoms with Gasteiger partial charge in [-0.1, -0.05) is 27.2 Å². The van der Waals surface area contributed by atoms with E-state index in [0.29, 0.717) is 0 Å². The average molecular weight is 325 g/mol. The smallest absolute Gasteiger partial charge is 0.192 e. The Morgan fingerprint density at radius 2 is 1.91 bits per heavy atom. The van der Waals surface area contributed by atoms with Crippen LogP contribution in [0.15, 0.2) is 0 Å². The van der Waals surface area contributed by atoms with E-state index >= 15 is 0 Å². The summed E-state index contributed by atoms with van der Waals surface area (Å²) in [7, 11) is -1.78. The van der Waals surface area contributed by atoms with Crippen molar-refractivity contribution in [3.8, 4) is 0 Å². The highest BCUT2D eigenvalue weighted by molar-refractivity contribution is 6.74. The molecular formula is C19H36O2Si. The second-order valence-corrected chi connectivity index (χ2v) is 14.8. The first-order valence-electron chi connectivity index (χ1n) is 9.41. The Kier molecular flexibility index (Phi) is 3.91. The first kappa shape index (κ1) is 17.0. The fourth-order valence-electron chi connectivity index (χ4n) is 5.94. The van der Waals surface area contributed by atoms with Crippen molar-refractivity contribution in [2.75, 3.05) is 0 Å². The van der Waals surface area contributed by atoms with Gasteiger partial charge in [-0.15, -0.1) is 0 Å². The molecule has 3 fully saturated rings. The van der Waals surface area contributed by atoms with E-state index < -0.39 is 8.32 Å². The molecule has 0 aliphatic heterocycles. The molecule has 5 unspecified atom stereocenters. The van der Waals surface area contributed by atoms with Crippen LogP contribution in [-0.2, 0) is 4.43 Å². The molecule has 3 saturated carbocycles. The second-order valence-electron chi connectivity index (χ2n) is 10.1. The lowest BCUT2D eigenvalue weighted by atomic mass is 9.65. The minimum Gasteiger partial charge on any atom is -0.410 e. The maximum Gasteiger partial charge on any atom is 0.192 e. The van der Waals surface area contributed by atoms with Crippen LogP contribution >= 0.6 is 0 Å². The van der Waals surface area contributed by atoms with Gasteiger partial charge in [0, 0.05) is 5.41 Å². The van der Waals surface area contributed by atoms with Crippen molar-refractivity contribution >= 4 is 8.32 Å². The van der Waals surface area contributed by atoms with E-state index in [2.05, 4.69) is 33.9 Å². The van der Waals surface area contributed by atoms with Crippen LogP contribution in [-0.4, -0.2) is 25.1 Å². The molecule has 3 heteroatoms. The lowest BCUT2D eigenvalue weighted by Gasteiger charge is -2.54. The lowest BCUT2D eigenvalue weighted by molar-refractivity contribution is -0.0982. The Balaban J connectivity index is 1.97. The zero-order chi connectivity index (χ0) is 16.4. The summed E-state index contributed by atoms with van der Waals surface area (Å²) < 4.78 is 7.24. The van der Waals surface area contributed by atoms with Crippen molar-refractivity contribution < 1.29 is 9.53 Å². The largest absolute Gasteiger partial charge is 0.410 e. The number of hydrogen-bond donors (Lipinski definition) is 1. The molecule has 5 atom stereocenters. The van der Waals surface area contributed by atoms with Gasteiger partial charge in [0.05, 0.1) is 11.7 Å². The Hall–Kier alpha value is 0.137. The monoisotopic (exact) mass is 324 g/mol. The highest BCUT2D eigenvalue weighted by Gasteiger charge is 2.70. The van der Waals surface area contributed by atoms with E-state index in [1.54, 1.807) is 0 Å². The zero-order valence-corrected chi connectivity index (χ0v) is 16.5. The van der Waals surface area contributed by atoms with Gasteiger partial charge in [-0.3, -0.25) is 0 Å². The average Bonchev–Trinajstić information content (AvgIpc) is 2.96. The van der Waals surface area contributed by atoms with Gasteiger partial charge in [0.2, 0.25) is 0 Å². The molecule has 0 heterocycles. The molecule has 3 aliphatic rings. The molecule has 0 aromatic heterocycles. The molecule has 2 nitrogen and oxygen atoms in total. The summed E-state index contributed by atoms with van der Waals surface area (Å²) in [6, 6.07) is 0. The molecule has 3 aliphatic carbocycles. The lowest BCUT2D eigenvalue weighted by Crippen LogP contribution is -2.58. The van der Waals surface area contributed by atoms with Crippen molar-refractivity contribution in [1.82, 2.24) is 0 Å². The third kappa shape index (κ3) is 2.26. The van der Waals surface area contributed by atoms with Gasteiger partial charge in [-0.2, -0.15) is 0 Å². The number of rotatable bonds is 4. The maximum atomic E-state index is 10.2. The summed E-state index contributed by atoms with van der Waals surface area (Å²) in [6.07, 6.45) is 8.67. The highest BCUT2D eigenvalue weighted by atomic mass is 28.4. The van der Waals surface area contributed by atoms with Gasteiger partial charge >= 0.3 is 0 Å². The molecule has 22 heavy (non-hydrogen) atoms.